The number of nitrogens with zero attached hydrogens (tertiary/aromatic N) is 1. The minimum absolute atomic E-state index is 0.335. The van der Waals surface area contributed by atoms with Crippen LogP contribution in [0.2, 0.25) is 0 Å². The Hall–Kier alpha value is -1.91. The molecule has 0 aliphatic carbocycles. The molecule has 0 saturated carbocycles. The van der Waals surface area contributed by atoms with Crippen LogP contribution in [0.1, 0.15) is 12.5 Å². The molecule has 0 fully saturated rings. The van der Waals surface area contributed by atoms with E-state index >= 15 is 0 Å². The smallest absolute Gasteiger partial charge is 0.344 e. The van der Waals surface area contributed by atoms with Crippen molar-refractivity contribution in [2.45, 2.75) is 6.92 Å². The molecule has 0 saturated heterocycles. The van der Waals surface area contributed by atoms with E-state index in [1.54, 1.807) is 6.92 Å². The van der Waals surface area contributed by atoms with Gasteiger partial charge in [-0.05, 0) is 24.6 Å². The third-order valence-corrected chi connectivity index (χ3v) is 1.65. The average Bonchev–Trinajstić information content (AvgIpc) is 2.18. The number of carboxylic acids is 1. The summed E-state index contributed by atoms with van der Waals surface area (Å²) in [5.41, 5.74) is 1.18. The number of rotatable bonds is 4. The summed E-state index contributed by atoms with van der Waals surface area (Å²) in [6, 6.07) is 5.67. The molecule has 0 aliphatic heterocycles. The van der Waals surface area contributed by atoms with E-state index in [0.717, 1.165) is 0 Å². The molecule has 0 amide bonds. The summed E-state index contributed by atoms with van der Waals surface area (Å²) in [6.45, 7) is 1.16. The third kappa shape index (κ3) is 3.76. The summed E-state index contributed by atoms with van der Waals surface area (Å²) >= 11 is 0. The largest absolute Gasteiger partial charge is 0.479 e. The van der Waals surface area contributed by atoms with Gasteiger partial charge in [0.1, 0.15) is 5.82 Å². The summed E-state index contributed by atoms with van der Waals surface area (Å²) in [5.74, 6) is -1.43. The zero-order valence-electron chi connectivity index (χ0n) is 8.11. The summed E-state index contributed by atoms with van der Waals surface area (Å²) in [6.07, 6.45) is 0. The van der Waals surface area contributed by atoms with Crippen molar-refractivity contribution in [2.75, 3.05) is 6.61 Å². The van der Waals surface area contributed by atoms with E-state index < -0.39 is 12.6 Å². The lowest BCUT2D eigenvalue weighted by Gasteiger charge is -2.00. The molecule has 0 heterocycles. The van der Waals surface area contributed by atoms with E-state index in [-0.39, 0.29) is 5.82 Å². The minimum atomic E-state index is -1.09. The summed E-state index contributed by atoms with van der Waals surface area (Å²) in [5, 5.41) is 11.9. The molecule has 15 heavy (non-hydrogen) atoms. The van der Waals surface area contributed by atoms with Gasteiger partial charge in [0.05, 0.1) is 5.71 Å². The van der Waals surface area contributed by atoms with Gasteiger partial charge in [-0.2, -0.15) is 0 Å². The van der Waals surface area contributed by atoms with E-state index in [4.69, 9.17) is 5.11 Å². The van der Waals surface area contributed by atoms with Crippen LogP contribution in [0.3, 0.4) is 0 Å². The molecular weight excluding hydrogens is 201 g/mol. The van der Waals surface area contributed by atoms with Crippen molar-refractivity contribution in [3.8, 4) is 0 Å². The first-order valence-electron chi connectivity index (χ1n) is 4.24. The van der Waals surface area contributed by atoms with Gasteiger partial charge in [-0.1, -0.05) is 17.3 Å². The van der Waals surface area contributed by atoms with Crippen LogP contribution in [0, 0.1) is 5.82 Å². The summed E-state index contributed by atoms with van der Waals surface area (Å²) < 4.78 is 12.6. The average molecular weight is 211 g/mol. The van der Waals surface area contributed by atoms with Crippen LogP contribution in [0.4, 0.5) is 4.39 Å². The number of halogens is 1. The second-order valence-electron chi connectivity index (χ2n) is 2.85. The highest BCUT2D eigenvalue weighted by atomic mass is 19.1. The fraction of sp³-hybridized carbons (Fsp3) is 0.200. The molecule has 0 unspecified atom stereocenters. The Morgan fingerprint density at radius 2 is 2.07 bits per heavy atom. The van der Waals surface area contributed by atoms with Crippen molar-refractivity contribution in [3.05, 3.63) is 35.6 Å². The fourth-order valence-electron chi connectivity index (χ4n) is 0.928. The van der Waals surface area contributed by atoms with Gasteiger partial charge in [0.15, 0.2) is 0 Å². The van der Waals surface area contributed by atoms with E-state index in [0.29, 0.717) is 11.3 Å². The normalized spacial score (nSPS) is 11.2. The molecule has 0 atom stereocenters. The maximum absolute atomic E-state index is 12.6. The van der Waals surface area contributed by atoms with Gasteiger partial charge in [-0.3, -0.25) is 0 Å². The zero-order chi connectivity index (χ0) is 11.3. The topological polar surface area (TPSA) is 58.9 Å². The second kappa shape index (κ2) is 5.09. The number of aliphatic carboxylic acids is 1. The highest BCUT2D eigenvalue weighted by Crippen LogP contribution is 2.04. The van der Waals surface area contributed by atoms with Gasteiger partial charge < -0.3 is 9.94 Å². The molecule has 1 N–H and O–H groups in total. The van der Waals surface area contributed by atoms with Crippen molar-refractivity contribution in [2.24, 2.45) is 5.16 Å². The Kier molecular flexibility index (Phi) is 3.79. The lowest BCUT2D eigenvalue weighted by molar-refractivity contribution is -0.142. The third-order valence-electron chi connectivity index (χ3n) is 1.65. The van der Waals surface area contributed by atoms with Crippen LogP contribution >= 0.6 is 0 Å². The molecule has 80 valence electrons. The van der Waals surface area contributed by atoms with Crippen molar-refractivity contribution in [1.82, 2.24) is 0 Å². The number of carbonyl (C=O) groups is 1. The highest BCUT2D eigenvalue weighted by Gasteiger charge is 1.99. The molecule has 0 aliphatic rings. The first-order chi connectivity index (χ1) is 7.09. The Labute approximate surface area is 86.0 Å². The van der Waals surface area contributed by atoms with Crippen LogP contribution < -0.4 is 0 Å². The number of hydrogen-bond acceptors (Lipinski definition) is 3. The predicted octanol–water partition coefficient (Wildman–Crippen LogP) is 1.65. The number of oxime groups is 1. The van der Waals surface area contributed by atoms with Gasteiger partial charge in [-0.15, -0.1) is 0 Å². The molecular formula is C10H10FNO3. The van der Waals surface area contributed by atoms with Gasteiger partial charge in [0, 0.05) is 0 Å². The SMILES string of the molecule is C/C(=N\OCC(=O)O)c1ccc(F)cc1. The monoisotopic (exact) mass is 211 g/mol. The Balaban J connectivity index is 2.63. The van der Waals surface area contributed by atoms with E-state index in [2.05, 4.69) is 9.99 Å². The first kappa shape index (κ1) is 11.2. The lowest BCUT2D eigenvalue weighted by Crippen LogP contribution is -2.05. The molecule has 5 heteroatoms. The standard InChI is InChI=1S/C10H10FNO3/c1-7(12-15-6-10(13)14)8-2-4-9(11)5-3-8/h2-5H,6H2,1H3,(H,13,14)/b12-7+. The molecule has 0 aromatic heterocycles. The Bertz CT molecular complexity index is 373. The van der Waals surface area contributed by atoms with E-state index in [1.807, 2.05) is 0 Å². The maximum atomic E-state index is 12.6. The quantitative estimate of drug-likeness (QED) is 0.608. The van der Waals surface area contributed by atoms with Crippen LogP contribution in [-0.2, 0) is 9.63 Å². The summed E-state index contributed by atoms with van der Waals surface area (Å²) in [7, 11) is 0. The number of carboxylic acid groups (broad SMARTS) is 1. The van der Waals surface area contributed by atoms with Gasteiger partial charge in [-0.25, -0.2) is 9.18 Å². The molecule has 1 aromatic rings. The lowest BCUT2D eigenvalue weighted by atomic mass is 10.1. The number of hydrogen-bond donors (Lipinski definition) is 1. The number of benzene rings is 1. The van der Waals surface area contributed by atoms with Gasteiger partial charge in [0.25, 0.3) is 0 Å². The van der Waals surface area contributed by atoms with Crippen molar-refractivity contribution >= 4 is 11.7 Å². The van der Waals surface area contributed by atoms with Crippen LogP contribution in [0.15, 0.2) is 29.4 Å². The van der Waals surface area contributed by atoms with Gasteiger partial charge >= 0.3 is 5.97 Å². The molecule has 1 aromatic carbocycles. The maximum Gasteiger partial charge on any atom is 0.344 e. The van der Waals surface area contributed by atoms with E-state index in [9.17, 15) is 9.18 Å². The molecule has 0 bridgehead atoms. The van der Waals surface area contributed by atoms with Crippen molar-refractivity contribution in [3.63, 3.8) is 0 Å². The van der Waals surface area contributed by atoms with Crippen molar-refractivity contribution < 1.29 is 19.1 Å². The fourth-order valence-corrected chi connectivity index (χ4v) is 0.928. The van der Waals surface area contributed by atoms with Crippen LogP contribution in [0.25, 0.3) is 0 Å². The van der Waals surface area contributed by atoms with Crippen LogP contribution in [-0.4, -0.2) is 23.4 Å². The summed E-state index contributed by atoms with van der Waals surface area (Å²) in [4.78, 5) is 14.7. The zero-order valence-corrected chi connectivity index (χ0v) is 8.11. The first-order valence-corrected chi connectivity index (χ1v) is 4.24. The molecule has 4 nitrogen and oxygen atoms in total. The predicted molar refractivity (Wildman–Crippen MR) is 52.2 cm³/mol. The molecule has 0 spiro atoms. The molecule has 1 rings (SSSR count). The Morgan fingerprint density at radius 3 is 2.60 bits per heavy atom. The second-order valence-corrected chi connectivity index (χ2v) is 2.85. The highest BCUT2D eigenvalue weighted by molar-refractivity contribution is 5.98. The van der Waals surface area contributed by atoms with Crippen molar-refractivity contribution in [1.29, 1.82) is 0 Å². The Morgan fingerprint density at radius 1 is 1.47 bits per heavy atom. The van der Waals surface area contributed by atoms with Crippen LogP contribution in [0.5, 0.6) is 0 Å². The van der Waals surface area contributed by atoms with Gasteiger partial charge in [0.2, 0.25) is 6.61 Å². The molecule has 0 radical (unpaired) electrons. The van der Waals surface area contributed by atoms with E-state index in [1.165, 1.54) is 24.3 Å². The minimum Gasteiger partial charge on any atom is -0.479 e.